The molecule has 0 aliphatic heterocycles. The maximum atomic E-state index is 12.4. The maximum absolute atomic E-state index is 12.4. The number of carbonyl (C=O) groups excluding carboxylic acids is 1. The van der Waals surface area contributed by atoms with Crippen molar-refractivity contribution in [3.8, 4) is 0 Å². The molecule has 1 aromatic rings. The molecule has 0 saturated carbocycles. The lowest BCUT2D eigenvalue weighted by atomic mass is 9.85. The van der Waals surface area contributed by atoms with Crippen LogP contribution in [0.15, 0.2) is 6.07 Å². The molecule has 0 spiro atoms. The van der Waals surface area contributed by atoms with Crippen molar-refractivity contribution < 1.29 is 4.79 Å². The summed E-state index contributed by atoms with van der Waals surface area (Å²) in [6.45, 7) is 16.5. The minimum Gasteiger partial charge on any atom is -0.350 e. The van der Waals surface area contributed by atoms with E-state index in [0.717, 1.165) is 12.2 Å². The van der Waals surface area contributed by atoms with Crippen molar-refractivity contribution in [2.75, 3.05) is 6.54 Å². The molecular formula is C17H31N3O. The molecule has 1 amide bonds. The molecule has 0 radical (unpaired) electrons. The molecule has 1 aromatic heterocycles. The number of carbonyl (C=O) groups is 1. The Bertz CT molecular complexity index is 453. The molecule has 4 nitrogen and oxygen atoms in total. The third kappa shape index (κ3) is 4.58. The maximum Gasteiger partial charge on any atom is 0.269 e. The predicted molar refractivity (Wildman–Crippen MR) is 87.5 cm³/mol. The van der Waals surface area contributed by atoms with Gasteiger partial charge in [-0.1, -0.05) is 41.5 Å². The second kappa shape index (κ2) is 7.62. The summed E-state index contributed by atoms with van der Waals surface area (Å²) in [5.41, 5.74) is 1.65. The van der Waals surface area contributed by atoms with E-state index in [1.54, 1.807) is 4.68 Å². The van der Waals surface area contributed by atoms with Gasteiger partial charge in [-0.15, -0.1) is 0 Å². The summed E-state index contributed by atoms with van der Waals surface area (Å²) in [5, 5.41) is 7.59. The van der Waals surface area contributed by atoms with Crippen LogP contribution in [-0.2, 0) is 6.54 Å². The fraction of sp³-hybridized carbons (Fsp3) is 0.765. The van der Waals surface area contributed by atoms with Crippen LogP contribution in [0.25, 0.3) is 0 Å². The molecule has 0 aliphatic carbocycles. The number of nitrogens with zero attached hydrogens (tertiary/aromatic N) is 2. The average Bonchev–Trinajstić information content (AvgIpc) is 2.82. The third-order valence-corrected chi connectivity index (χ3v) is 4.13. The van der Waals surface area contributed by atoms with Crippen molar-refractivity contribution >= 4 is 5.91 Å². The monoisotopic (exact) mass is 293 g/mol. The Labute approximate surface area is 129 Å². The number of rotatable bonds is 7. The predicted octanol–water partition coefficient (Wildman–Crippen LogP) is 3.68. The zero-order valence-corrected chi connectivity index (χ0v) is 14.6. The fourth-order valence-corrected chi connectivity index (χ4v) is 2.68. The van der Waals surface area contributed by atoms with Crippen LogP contribution in [0.2, 0.25) is 0 Å². The van der Waals surface area contributed by atoms with Crippen LogP contribution >= 0.6 is 0 Å². The van der Waals surface area contributed by atoms with Crippen molar-refractivity contribution in [2.45, 2.75) is 60.9 Å². The summed E-state index contributed by atoms with van der Waals surface area (Å²) in [7, 11) is 0. The molecule has 0 aromatic carbocycles. The number of nitrogens with one attached hydrogen (secondary N) is 1. The second-order valence-electron chi connectivity index (χ2n) is 6.79. The Morgan fingerprint density at radius 3 is 2.19 bits per heavy atom. The van der Waals surface area contributed by atoms with Gasteiger partial charge in [-0.2, -0.15) is 5.10 Å². The number of hydrogen-bond acceptors (Lipinski definition) is 2. The van der Waals surface area contributed by atoms with Gasteiger partial charge in [-0.3, -0.25) is 9.48 Å². The fourth-order valence-electron chi connectivity index (χ4n) is 2.68. The van der Waals surface area contributed by atoms with E-state index in [-0.39, 0.29) is 5.91 Å². The molecule has 0 atom stereocenters. The van der Waals surface area contributed by atoms with E-state index in [1.807, 2.05) is 13.0 Å². The van der Waals surface area contributed by atoms with Crippen LogP contribution in [0.5, 0.6) is 0 Å². The largest absolute Gasteiger partial charge is 0.350 e. The Morgan fingerprint density at radius 1 is 1.19 bits per heavy atom. The van der Waals surface area contributed by atoms with E-state index in [0.29, 0.717) is 35.9 Å². The molecule has 0 unspecified atom stereocenters. The topological polar surface area (TPSA) is 46.9 Å². The van der Waals surface area contributed by atoms with E-state index in [4.69, 9.17) is 0 Å². The minimum absolute atomic E-state index is 0.0115. The second-order valence-corrected chi connectivity index (χ2v) is 6.79. The molecule has 1 N–H and O–H groups in total. The quantitative estimate of drug-likeness (QED) is 0.833. The summed E-state index contributed by atoms with van der Waals surface area (Å²) >= 11 is 0. The van der Waals surface area contributed by atoms with E-state index in [1.165, 1.54) is 0 Å². The first-order valence-corrected chi connectivity index (χ1v) is 8.13. The Morgan fingerprint density at radius 2 is 1.76 bits per heavy atom. The molecule has 0 fully saturated rings. The third-order valence-electron chi connectivity index (χ3n) is 4.13. The summed E-state index contributed by atoms with van der Waals surface area (Å²) < 4.78 is 1.80. The van der Waals surface area contributed by atoms with Crippen molar-refractivity contribution in [1.29, 1.82) is 0 Å². The van der Waals surface area contributed by atoms with Crippen molar-refractivity contribution in [3.05, 3.63) is 17.5 Å². The van der Waals surface area contributed by atoms with Gasteiger partial charge in [0.1, 0.15) is 5.69 Å². The Balaban J connectivity index is 2.80. The lowest BCUT2D eigenvalue weighted by molar-refractivity contribution is 0.0926. The van der Waals surface area contributed by atoms with Gasteiger partial charge in [-0.25, -0.2) is 0 Å². The zero-order valence-electron chi connectivity index (χ0n) is 14.6. The van der Waals surface area contributed by atoms with E-state index < -0.39 is 0 Å². The summed E-state index contributed by atoms with van der Waals surface area (Å²) in [6.07, 6.45) is 0. The number of hydrogen-bond donors (Lipinski definition) is 1. The normalized spacial score (nSPS) is 12.0. The molecule has 1 rings (SSSR count). The highest BCUT2D eigenvalue weighted by Gasteiger charge is 2.20. The molecule has 120 valence electrons. The minimum atomic E-state index is -0.0115. The first-order chi connectivity index (χ1) is 9.77. The molecule has 21 heavy (non-hydrogen) atoms. The Kier molecular flexibility index (Phi) is 6.43. The smallest absolute Gasteiger partial charge is 0.269 e. The molecule has 0 bridgehead atoms. The highest BCUT2D eigenvalue weighted by Crippen LogP contribution is 2.20. The van der Waals surface area contributed by atoms with Gasteiger partial charge in [0, 0.05) is 13.1 Å². The number of amides is 1. The van der Waals surface area contributed by atoms with Crippen LogP contribution in [0, 0.1) is 17.8 Å². The molecule has 4 heteroatoms. The Hall–Kier alpha value is -1.32. The van der Waals surface area contributed by atoms with Gasteiger partial charge in [0.15, 0.2) is 0 Å². The van der Waals surface area contributed by atoms with Gasteiger partial charge >= 0.3 is 0 Å². The van der Waals surface area contributed by atoms with E-state index in [9.17, 15) is 4.79 Å². The lowest BCUT2D eigenvalue weighted by Gasteiger charge is -2.25. The van der Waals surface area contributed by atoms with Crippen LogP contribution in [-0.4, -0.2) is 22.2 Å². The van der Waals surface area contributed by atoms with Gasteiger partial charge in [-0.05, 0) is 36.7 Å². The van der Waals surface area contributed by atoms with Gasteiger partial charge in [0.05, 0.1) is 5.69 Å². The van der Waals surface area contributed by atoms with Crippen molar-refractivity contribution in [1.82, 2.24) is 15.1 Å². The van der Waals surface area contributed by atoms with Gasteiger partial charge in [0.2, 0.25) is 0 Å². The average molecular weight is 293 g/mol. The highest BCUT2D eigenvalue weighted by molar-refractivity contribution is 5.92. The van der Waals surface area contributed by atoms with Gasteiger partial charge in [0.25, 0.3) is 5.91 Å². The first kappa shape index (κ1) is 17.7. The lowest BCUT2D eigenvalue weighted by Crippen LogP contribution is -2.34. The number of aryl methyl sites for hydroxylation is 1. The molecular weight excluding hydrogens is 262 g/mol. The summed E-state index contributed by atoms with van der Waals surface area (Å²) in [4.78, 5) is 12.4. The molecule has 0 saturated heterocycles. The van der Waals surface area contributed by atoms with Crippen molar-refractivity contribution in [3.63, 3.8) is 0 Å². The first-order valence-electron chi connectivity index (χ1n) is 8.13. The van der Waals surface area contributed by atoms with E-state index in [2.05, 4.69) is 52.0 Å². The SMILES string of the molecule is CCn1nc(C(C)C)cc1C(=O)NCC(C(C)C)C(C)C. The summed E-state index contributed by atoms with van der Waals surface area (Å²) in [6, 6.07) is 1.92. The van der Waals surface area contributed by atoms with Crippen LogP contribution in [0.3, 0.4) is 0 Å². The van der Waals surface area contributed by atoms with Crippen molar-refractivity contribution in [2.24, 2.45) is 17.8 Å². The highest BCUT2D eigenvalue weighted by atomic mass is 16.2. The zero-order chi connectivity index (χ0) is 16.2. The standard InChI is InChI=1S/C17H31N3O/c1-8-20-16(9-15(19-20)13(6)7)17(21)18-10-14(11(2)3)12(4)5/h9,11-14H,8,10H2,1-7H3,(H,18,21). The van der Waals surface area contributed by atoms with Crippen LogP contribution in [0.4, 0.5) is 0 Å². The van der Waals surface area contributed by atoms with Crippen LogP contribution < -0.4 is 5.32 Å². The summed E-state index contributed by atoms with van der Waals surface area (Å²) in [5.74, 6) is 1.95. The molecule has 0 aliphatic rings. The molecule has 1 heterocycles. The number of aromatic nitrogens is 2. The van der Waals surface area contributed by atoms with Crippen LogP contribution in [0.1, 0.15) is 70.6 Å². The van der Waals surface area contributed by atoms with E-state index >= 15 is 0 Å². The van der Waals surface area contributed by atoms with Gasteiger partial charge < -0.3 is 5.32 Å².